The lowest BCUT2D eigenvalue weighted by molar-refractivity contribution is 0.203. The highest BCUT2D eigenvalue weighted by atomic mass is 19.2. The van der Waals surface area contributed by atoms with Crippen molar-refractivity contribution in [1.29, 1.82) is 0 Å². The zero-order valence-electron chi connectivity index (χ0n) is 22.9. The first-order valence-electron chi connectivity index (χ1n) is 12.6. The molecule has 0 aromatic carbocycles. The average Bonchev–Trinajstić information content (AvgIpc) is 2.87. The van der Waals surface area contributed by atoms with E-state index in [1.54, 1.807) is 20.8 Å². The standard InChI is InChI=1S/C30H44F4O2/c1-11-13-18-36-26(10)30(34)28(32)24(8)22(6)17-15-20(4)19(3)14-16-21(5)23(7)27(31)29(33)25(9)35-12-2/h16,19-20,22H,7-15,17-18H2,1-6H3/b21-16+,29-27-,30-28-. The third-order valence-corrected chi connectivity index (χ3v) is 6.41. The Morgan fingerprint density at radius 2 is 1.33 bits per heavy atom. The molecule has 0 saturated heterocycles. The van der Waals surface area contributed by atoms with E-state index in [1.165, 1.54) is 0 Å². The van der Waals surface area contributed by atoms with Crippen molar-refractivity contribution >= 4 is 0 Å². The van der Waals surface area contributed by atoms with E-state index < -0.39 is 23.3 Å². The van der Waals surface area contributed by atoms with Crippen LogP contribution < -0.4 is 0 Å². The highest BCUT2D eigenvalue weighted by Crippen LogP contribution is 2.32. The molecule has 0 radical (unpaired) electrons. The largest absolute Gasteiger partial charge is 0.491 e. The van der Waals surface area contributed by atoms with Gasteiger partial charge >= 0.3 is 0 Å². The van der Waals surface area contributed by atoms with Crippen LogP contribution in [-0.4, -0.2) is 13.2 Å². The molecule has 0 saturated carbocycles. The Balaban J connectivity index is 4.96. The first kappa shape index (κ1) is 33.5. The van der Waals surface area contributed by atoms with Crippen LogP contribution >= 0.6 is 0 Å². The summed E-state index contributed by atoms with van der Waals surface area (Å²) in [5, 5.41) is 0. The molecule has 3 unspecified atom stereocenters. The topological polar surface area (TPSA) is 18.5 Å². The Labute approximate surface area is 215 Å². The summed E-state index contributed by atoms with van der Waals surface area (Å²) in [7, 11) is 0. The van der Waals surface area contributed by atoms with Crippen LogP contribution in [0, 0.1) is 17.8 Å². The molecule has 0 spiro atoms. The lowest BCUT2D eigenvalue weighted by atomic mass is 9.84. The quantitative estimate of drug-likeness (QED) is 0.0787. The molecule has 0 aliphatic rings. The molecule has 0 heterocycles. The van der Waals surface area contributed by atoms with Crippen LogP contribution in [0.15, 0.2) is 83.9 Å². The Morgan fingerprint density at radius 1 is 0.778 bits per heavy atom. The van der Waals surface area contributed by atoms with Crippen LogP contribution in [0.4, 0.5) is 17.6 Å². The fourth-order valence-corrected chi connectivity index (χ4v) is 3.24. The van der Waals surface area contributed by atoms with Gasteiger partial charge in [0.1, 0.15) is 0 Å². The van der Waals surface area contributed by atoms with Gasteiger partial charge in [-0.05, 0) is 68.4 Å². The van der Waals surface area contributed by atoms with Crippen LogP contribution in [0.2, 0.25) is 0 Å². The molecule has 0 rings (SSSR count). The van der Waals surface area contributed by atoms with Crippen LogP contribution in [0.25, 0.3) is 0 Å². The van der Waals surface area contributed by atoms with Crippen LogP contribution in [0.5, 0.6) is 0 Å². The van der Waals surface area contributed by atoms with Crippen molar-refractivity contribution in [1.82, 2.24) is 0 Å². The van der Waals surface area contributed by atoms with Gasteiger partial charge in [-0.3, -0.25) is 0 Å². The zero-order chi connectivity index (χ0) is 28.0. The monoisotopic (exact) mass is 512 g/mol. The number of allylic oxidation sites excluding steroid dienone is 8. The molecular weight excluding hydrogens is 468 g/mol. The normalized spacial score (nSPS) is 15.8. The number of hydrogen-bond donors (Lipinski definition) is 0. The van der Waals surface area contributed by atoms with E-state index in [1.807, 2.05) is 13.0 Å². The fourth-order valence-electron chi connectivity index (χ4n) is 3.24. The van der Waals surface area contributed by atoms with Gasteiger partial charge in [-0.2, -0.15) is 8.78 Å². The molecular formula is C30H44F4O2. The van der Waals surface area contributed by atoms with Crippen LogP contribution in [0.3, 0.4) is 0 Å². The molecule has 0 amide bonds. The maximum absolute atomic E-state index is 14.6. The van der Waals surface area contributed by atoms with Gasteiger partial charge in [-0.25, -0.2) is 8.78 Å². The van der Waals surface area contributed by atoms with E-state index >= 15 is 0 Å². The van der Waals surface area contributed by atoms with Crippen molar-refractivity contribution in [2.75, 3.05) is 13.2 Å². The number of unbranched alkanes of at least 4 members (excludes halogenated alkanes) is 1. The SMILES string of the molecule is C=C(OCC)/C(F)=C(/F)C(=C)/C(C)=C/CC(C)C(C)CCC(C)C(=C)/C(F)=C(/F)C(=C)OCCCC. The van der Waals surface area contributed by atoms with Gasteiger partial charge < -0.3 is 9.47 Å². The summed E-state index contributed by atoms with van der Waals surface area (Å²) in [6.07, 6.45) is 5.43. The highest BCUT2D eigenvalue weighted by Gasteiger charge is 2.21. The second kappa shape index (κ2) is 17.0. The van der Waals surface area contributed by atoms with Gasteiger partial charge in [0.2, 0.25) is 5.83 Å². The predicted molar refractivity (Wildman–Crippen MR) is 143 cm³/mol. The summed E-state index contributed by atoms with van der Waals surface area (Å²) in [6.45, 7) is 25.9. The molecule has 0 N–H and O–H groups in total. The zero-order valence-corrected chi connectivity index (χ0v) is 22.9. The molecule has 0 aliphatic carbocycles. The van der Waals surface area contributed by atoms with E-state index in [2.05, 4.69) is 40.2 Å². The molecule has 0 fully saturated rings. The molecule has 0 aromatic rings. The Kier molecular flexibility index (Phi) is 15.9. The van der Waals surface area contributed by atoms with Gasteiger partial charge in [-0.1, -0.05) is 66.5 Å². The molecule has 0 aliphatic heterocycles. The van der Waals surface area contributed by atoms with Crippen LogP contribution in [0.1, 0.15) is 73.6 Å². The molecule has 0 bridgehead atoms. The van der Waals surface area contributed by atoms with Crippen molar-refractivity contribution in [3.63, 3.8) is 0 Å². The average molecular weight is 513 g/mol. The maximum Gasteiger partial charge on any atom is 0.200 e. The van der Waals surface area contributed by atoms with E-state index in [0.29, 0.717) is 18.4 Å². The lowest BCUT2D eigenvalue weighted by Crippen LogP contribution is -2.10. The Hall–Kier alpha value is -2.50. The van der Waals surface area contributed by atoms with E-state index in [9.17, 15) is 17.6 Å². The molecule has 2 nitrogen and oxygen atoms in total. The molecule has 204 valence electrons. The van der Waals surface area contributed by atoms with Gasteiger partial charge in [-0.15, -0.1) is 0 Å². The number of hydrogen-bond acceptors (Lipinski definition) is 2. The first-order valence-corrected chi connectivity index (χ1v) is 12.6. The summed E-state index contributed by atoms with van der Waals surface area (Å²) < 4.78 is 67.4. The van der Waals surface area contributed by atoms with Crippen molar-refractivity contribution in [2.45, 2.75) is 73.6 Å². The van der Waals surface area contributed by atoms with Crippen molar-refractivity contribution in [3.8, 4) is 0 Å². The Bertz CT molecular complexity index is 879. The van der Waals surface area contributed by atoms with E-state index in [0.717, 1.165) is 19.3 Å². The third kappa shape index (κ3) is 11.0. The fraction of sp³-hybridized carbons (Fsp3) is 0.533. The van der Waals surface area contributed by atoms with Crippen molar-refractivity contribution in [3.05, 3.63) is 83.9 Å². The molecule has 0 aromatic heterocycles. The smallest absolute Gasteiger partial charge is 0.200 e. The van der Waals surface area contributed by atoms with Gasteiger partial charge in [0.25, 0.3) is 0 Å². The van der Waals surface area contributed by atoms with Crippen molar-refractivity contribution in [2.24, 2.45) is 17.8 Å². The number of rotatable bonds is 18. The number of halogens is 4. The van der Waals surface area contributed by atoms with E-state index in [4.69, 9.17) is 9.47 Å². The second-order valence-corrected chi connectivity index (χ2v) is 9.30. The highest BCUT2D eigenvalue weighted by molar-refractivity contribution is 5.44. The minimum absolute atomic E-state index is 0.0531. The predicted octanol–water partition coefficient (Wildman–Crippen LogP) is 10.3. The van der Waals surface area contributed by atoms with Gasteiger partial charge in [0, 0.05) is 5.57 Å². The summed E-state index contributed by atoms with van der Waals surface area (Å²) >= 11 is 0. The molecule has 6 heteroatoms. The molecule has 36 heavy (non-hydrogen) atoms. The van der Waals surface area contributed by atoms with E-state index in [-0.39, 0.29) is 53.6 Å². The number of ether oxygens (including phenoxy) is 2. The molecule has 3 atom stereocenters. The summed E-state index contributed by atoms with van der Waals surface area (Å²) in [6, 6.07) is 0. The maximum atomic E-state index is 14.6. The Morgan fingerprint density at radius 3 is 1.89 bits per heavy atom. The first-order chi connectivity index (χ1) is 16.8. The van der Waals surface area contributed by atoms with Gasteiger partial charge in [0.05, 0.1) is 13.2 Å². The minimum Gasteiger partial charge on any atom is -0.491 e. The third-order valence-electron chi connectivity index (χ3n) is 6.41. The van der Waals surface area contributed by atoms with Crippen molar-refractivity contribution < 1.29 is 27.0 Å². The summed E-state index contributed by atoms with van der Waals surface area (Å²) in [4.78, 5) is 0. The van der Waals surface area contributed by atoms with Crippen LogP contribution in [-0.2, 0) is 9.47 Å². The minimum atomic E-state index is -1.15. The summed E-state index contributed by atoms with van der Waals surface area (Å²) in [5.74, 6) is -4.84. The van der Waals surface area contributed by atoms with Gasteiger partial charge in [0.15, 0.2) is 29.0 Å². The summed E-state index contributed by atoms with van der Waals surface area (Å²) in [5.41, 5.74) is 0.553. The second-order valence-electron chi connectivity index (χ2n) is 9.30. The lowest BCUT2D eigenvalue weighted by Gasteiger charge is -2.22.